The Hall–Kier alpha value is -5.45. The van der Waals surface area contributed by atoms with Crippen LogP contribution >= 0.6 is 0 Å². The van der Waals surface area contributed by atoms with Gasteiger partial charge in [-0.25, -0.2) is 9.59 Å². The minimum Gasteiger partial charge on any atom is -0.485 e. The smallest absolute Gasteiger partial charge is 0.355 e. The number of nitro benzene ring substituents is 2. The van der Waals surface area contributed by atoms with Crippen molar-refractivity contribution in [1.29, 1.82) is 5.26 Å². The fourth-order valence-electron chi connectivity index (χ4n) is 3.98. The number of methoxy groups -OCH3 is 3. The number of esters is 2. The lowest BCUT2D eigenvalue weighted by Crippen LogP contribution is -2.40. The van der Waals surface area contributed by atoms with Crippen LogP contribution in [0, 0.1) is 31.6 Å². The molecule has 0 spiro atoms. The minimum atomic E-state index is -1.19. The number of allylic oxidation sites excluding steroid dienone is 1. The number of rotatable bonds is 7. The van der Waals surface area contributed by atoms with Gasteiger partial charge in [0.1, 0.15) is 11.5 Å². The molecule has 0 saturated carbocycles. The zero-order valence-electron chi connectivity index (χ0n) is 19.7. The van der Waals surface area contributed by atoms with Crippen LogP contribution in [0.1, 0.15) is 11.5 Å². The van der Waals surface area contributed by atoms with Gasteiger partial charge in [0.05, 0.1) is 60.0 Å². The first kappa shape index (κ1) is 26.2. The fourth-order valence-corrected chi connectivity index (χ4v) is 3.98. The normalized spacial score (nSPS) is 15.1. The monoisotopic (exact) mass is 509 g/mol. The second kappa shape index (κ2) is 10.4. The van der Waals surface area contributed by atoms with E-state index in [1.807, 2.05) is 6.07 Å². The van der Waals surface area contributed by atoms with Gasteiger partial charge in [-0.1, -0.05) is 30.3 Å². The van der Waals surface area contributed by atoms with Crippen molar-refractivity contribution in [3.8, 4) is 11.8 Å². The molecule has 0 radical (unpaired) electrons. The molecule has 2 N–H and O–H groups in total. The Kier molecular flexibility index (Phi) is 7.38. The van der Waals surface area contributed by atoms with E-state index in [4.69, 9.17) is 19.9 Å². The average molecular weight is 509 g/mol. The van der Waals surface area contributed by atoms with Gasteiger partial charge >= 0.3 is 23.3 Å². The van der Waals surface area contributed by atoms with Gasteiger partial charge in [0, 0.05) is 12.1 Å². The van der Waals surface area contributed by atoms with Crippen molar-refractivity contribution in [2.45, 2.75) is 5.92 Å². The zero-order chi connectivity index (χ0) is 27.4. The highest BCUT2D eigenvalue weighted by Gasteiger charge is 2.44. The van der Waals surface area contributed by atoms with Gasteiger partial charge in [-0.05, 0) is 5.56 Å². The van der Waals surface area contributed by atoms with E-state index >= 15 is 0 Å². The number of carbonyl (C=O) groups is 2. The summed E-state index contributed by atoms with van der Waals surface area (Å²) in [5.41, 5.74) is 3.55. The number of carbonyl (C=O) groups excluding carboxylic acids is 2. The molecular weight excluding hydrogens is 490 g/mol. The molecule has 1 unspecified atom stereocenters. The van der Waals surface area contributed by atoms with Crippen LogP contribution in [0.2, 0.25) is 0 Å². The summed E-state index contributed by atoms with van der Waals surface area (Å²) in [5, 5.41) is 33.5. The van der Waals surface area contributed by atoms with E-state index in [1.165, 1.54) is 0 Å². The van der Waals surface area contributed by atoms with E-state index in [9.17, 15) is 35.1 Å². The lowest BCUT2D eigenvalue weighted by molar-refractivity contribution is -0.395. The molecule has 14 heteroatoms. The van der Waals surface area contributed by atoms with Gasteiger partial charge in [-0.3, -0.25) is 25.1 Å². The largest absolute Gasteiger partial charge is 0.485 e. The number of benzene rings is 2. The summed E-state index contributed by atoms with van der Waals surface area (Å²) >= 11 is 0. The molecule has 2 aromatic carbocycles. The van der Waals surface area contributed by atoms with Crippen molar-refractivity contribution in [1.82, 2.24) is 0 Å². The number of hydrogen-bond donors (Lipinski definition) is 1. The highest BCUT2D eigenvalue weighted by molar-refractivity contribution is 6.06. The number of nitriles is 1. The first-order chi connectivity index (χ1) is 17.6. The van der Waals surface area contributed by atoms with Gasteiger partial charge in [-0.2, -0.15) is 5.26 Å². The average Bonchev–Trinajstić information content (AvgIpc) is 2.90. The third kappa shape index (κ3) is 4.48. The molecule has 1 aliphatic heterocycles. The quantitative estimate of drug-likeness (QED) is 0.325. The molecule has 0 amide bonds. The van der Waals surface area contributed by atoms with Gasteiger partial charge in [0.15, 0.2) is 0 Å². The van der Waals surface area contributed by atoms with E-state index < -0.39 is 56.3 Å². The third-order valence-corrected chi connectivity index (χ3v) is 5.50. The maximum Gasteiger partial charge on any atom is 0.355 e. The minimum absolute atomic E-state index is 0.222. The standard InChI is InChI=1S/C23H19N5O9/c1-35-20-15(27(31)32)9-13(10-16(20)28(33)34)26-19(23(30)37-3)18(22(29)36-2)17(14(11-24)21(26)25)12-7-5-4-6-8-12/h4-10,17H,25H2,1-3H3. The maximum absolute atomic E-state index is 13.1. The highest BCUT2D eigenvalue weighted by Crippen LogP contribution is 2.46. The van der Waals surface area contributed by atoms with Crippen molar-refractivity contribution in [2.24, 2.45) is 5.73 Å². The number of hydrogen-bond acceptors (Lipinski definition) is 12. The predicted octanol–water partition coefficient (Wildman–Crippen LogP) is 2.41. The van der Waals surface area contributed by atoms with Gasteiger partial charge in [0.25, 0.3) is 5.75 Å². The number of ether oxygens (including phenoxy) is 3. The second-order valence-corrected chi connectivity index (χ2v) is 7.37. The van der Waals surface area contributed by atoms with E-state index in [2.05, 4.69) is 0 Å². The van der Waals surface area contributed by atoms with E-state index in [0.717, 1.165) is 38.4 Å². The third-order valence-electron chi connectivity index (χ3n) is 5.50. The van der Waals surface area contributed by atoms with Crippen molar-refractivity contribution in [2.75, 3.05) is 26.2 Å². The number of nitrogens with zero attached hydrogens (tertiary/aromatic N) is 4. The molecule has 0 aromatic heterocycles. The summed E-state index contributed by atoms with van der Waals surface area (Å²) in [5.74, 6) is -4.41. The first-order valence-corrected chi connectivity index (χ1v) is 10.3. The van der Waals surface area contributed by atoms with E-state index in [0.29, 0.717) is 5.56 Å². The summed E-state index contributed by atoms with van der Waals surface area (Å²) < 4.78 is 14.6. The summed E-state index contributed by atoms with van der Waals surface area (Å²) in [4.78, 5) is 48.5. The number of anilines is 1. The molecule has 0 saturated heterocycles. The molecule has 14 nitrogen and oxygen atoms in total. The molecule has 0 aliphatic carbocycles. The lowest BCUT2D eigenvalue weighted by Gasteiger charge is -2.35. The Morgan fingerprint density at radius 3 is 1.97 bits per heavy atom. The molecule has 1 atom stereocenters. The van der Waals surface area contributed by atoms with Crippen molar-refractivity contribution in [3.63, 3.8) is 0 Å². The summed E-state index contributed by atoms with van der Waals surface area (Å²) in [6, 6.07) is 11.8. The first-order valence-electron chi connectivity index (χ1n) is 10.3. The second-order valence-electron chi connectivity index (χ2n) is 7.37. The summed E-state index contributed by atoms with van der Waals surface area (Å²) in [6.07, 6.45) is 0. The van der Waals surface area contributed by atoms with Crippen molar-refractivity contribution in [3.05, 3.63) is 90.9 Å². The summed E-state index contributed by atoms with van der Waals surface area (Å²) in [6.45, 7) is 0. The van der Waals surface area contributed by atoms with E-state index in [-0.39, 0.29) is 16.8 Å². The van der Waals surface area contributed by atoms with Crippen LogP contribution in [-0.2, 0) is 19.1 Å². The van der Waals surface area contributed by atoms with Crippen LogP contribution in [0.4, 0.5) is 17.1 Å². The molecule has 1 aliphatic rings. The van der Waals surface area contributed by atoms with Crippen molar-refractivity contribution < 1.29 is 33.6 Å². The van der Waals surface area contributed by atoms with E-state index in [1.54, 1.807) is 30.3 Å². The lowest BCUT2D eigenvalue weighted by atomic mass is 9.81. The van der Waals surface area contributed by atoms with Gasteiger partial charge in [0.2, 0.25) is 0 Å². The Labute approximate surface area is 209 Å². The molecule has 1 heterocycles. The zero-order valence-corrected chi connectivity index (χ0v) is 19.7. The Bertz CT molecular complexity index is 1370. The van der Waals surface area contributed by atoms with Crippen LogP contribution in [0.25, 0.3) is 0 Å². The molecule has 190 valence electrons. The van der Waals surface area contributed by atoms with Gasteiger partial charge in [-0.15, -0.1) is 0 Å². The predicted molar refractivity (Wildman–Crippen MR) is 126 cm³/mol. The molecule has 37 heavy (non-hydrogen) atoms. The highest BCUT2D eigenvalue weighted by atomic mass is 16.6. The van der Waals surface area contributed by atoms with Crippen LogP contribution in [-0.4, -0.2) is 43.1 Å². The van der Waals surface area contributed by atoms with Crippen LogP contribution in [0.3, 0.4) is 0 Å². The Morgan fingerprint density at radius 2 is 1.54 bits per heavy atom. The maximum atomic E-state index is 13.1. The fraction of sp³-hybridized carbons (Fsp3) is 0.174. The number of nitrogens with two attached hydrogens (primary N) is 1. The number of nitro groups is 2. The molecular formula is C23H19N5O9. The molecule has 3 rings (SSSR count). The SMILES string of the molecule is COC(=O)C1=C(C(=O)OC)N(c2cc([N+](=O)[O-])c(OC)c([N+](=O)[O-])c2)C(N)=C(C#N)C1c1ccccc1. The topological polar surface area (TPSA) is 201 Å². The molecule has 0 fully saturated rings. The van der Waals surface area contributed by atoms with Crippen LogP contribution in [0.15, 0.2) is 65.1 Å². The molecule has 0 bridgehead atoms. The Morgan fingerprint density at radius 1 is 1.00 bits per heavy atom. The summed E-state index contributed by atoms with van der Waals surface area (Å²) in [7, 11) is 3.07. The Balaban J connectivity index is 2.51. The molecule has 2 aromatic rings. The van der Waals surface area contributed by atoms with Crippen LogP contribution in [0.5, 0.6) is 5.75 Å². The van der Waals surface area contributed by atoms with Gasteiger partial charge < -0.3 is 19.9 Å². The van der Waals surface area contributed by atoms with Crippen molar-refractivity contribution >= 4 is 29.0 Å². The van der Waals surface area contributed by atoms with Crippen LogP contribution < -0.4 is 15.4 Å².